The average molecular weight is 305 g/mol. The fraction of sp³-hybridized carbons (Fsp3) is 0.588. The molecule has 21 heavy (non-hydrogen) atoms. The maximum absolute atomic E-state index is 13.6. The summed E-state index contributed by atoms with van der Waals surface area (Å²) in [5.41, 5.74) is 1.76. The van der Waals surface area contributed by atoms with Gasteiger partial charge in [-0.05, 0) is 50.0 Å². The highest BCUT2D eigenvalue weighted by atomic mass is 35.5. The molecule has 0 N–H and O–H groups in total. The van der Waals surface area contributed by atoms with Crippen LogP contribution in [0.4, 0.5) is 10.1 Å². The lowest BCUT2D eigenvalue weighted by Crippen LogP contribution is -2.42. The first-order valence-electron chi connectivity index (χ1n) is 8.00. The second-order valence-electron chi connectivity index (χ2n) is 7.24. The quantitative estimate of drug-likeness (QED) is 0.687. The van der Waals surface area contributed by atoms with E-state index >= 15 is 0 Å². The largest absolute Gasteiger partial charge is 0.352 e. The van der Waals surface area contributed by atoms with Crippen molar-refractivity contribution in [2.75, 3.05) is 0 Å². The Kier molecular flexibility index (Phi) is 2.50. The van der Waals surface area contributed by atoms with Crippen molar-refractivity contribution >= 4 is 23.1 Å². The summed E-state index contributed by atoms with van der Waals surface area (Å²) in [6.07, 6.45) is 6.58. The van der Waals surface area contributed by atoms with Crippen molar-refractivity contribution in [3.8, 4) is 0 Å². The number of rotatable bonds is 0. The maximum Gasteiger partial charge on any atom is 0.126 e. The van der Waals surface area contributed by atoms with Gasteiger partial charge in [0.2, 0.25) is 0 Å². The number of nitrogens with zero attached hydrogens (tertiary/aromatic N) is 2. The van der Waals surface area contributed by atoms with E-state index in [2.05, 4.69) is 4.90 Å². The number of hydrogen-bond acceptors (Lipinski definition) is 2. The standard InChI is InChI=1S/C17H18ClFN2/c18-15-6-12(19)7-16-14(15)8-21-13-4-9-1-10(5-13)3-11(2-9)17(21)20-16/h6-7,9-11,13H,1-5,8H2/t9-,10-,11?,13?/m0/s1. The van der Waals surface area contributed by atoms with Gasteiger partial charge in [0.25, 0.3) is 0 Å². The van der Waals surface area contributed by atoms with Gasteiger partial charge in [-0.15, -0.1) is 0 Å². The van der Waals surface area contributed by atoms with Gasteiger partial charge in [-0.3, -0.25) is 0 Å². The minimum absolute atomic E-state index is 0.281. The van der Waals surface area contributed by atoms with Gasteiger partial charge in [-0.1, -0.05) is 11.6 Å². The first-order valence-corrected chi connectivity index (χ1v) is 8.38. The van der Waals surface area contributed by atoms with Crippen molar-refractivity contribution in [1.82, 2.24) is 4.90 Å². The van der Waals surface area contributed by atoms with Crippen LogP contribution in [0.2, 0.25) is 5.02 Å². The van der Waals surface area contributed by atoms with Crippen molar-refractivity contribution in [1.29, 1.82) is 0 Å². The third kappa shape index (κ3) is 1.79. The normalized spacial score (nSPS) is 36.1. The molecule has 2 atom stereocenters. The van der Waals surface area contributed by atoms with Gasteiger partial charge in [0.1, 0.15) is 11.7 Å². The number of hydrogen-bond donors (Lipinski definition) is 0. The van der Waals surface area contributed by atoms with Crippen LogP contribution < -0.4 is 0 Å². The Hall–Kier alpha value is -1.09. The molecule has 2 saturated carbocycles. The van der Waals surface area contributed by atoms with E-state index in [4.69, 9.17) is 16.6 Å². The van der Waals surface area contributed by atoms with Crippen LogP contribution in [0.25, 0.3) is 0 Å². The fourth-order valence-electron chi connectivity index (χ4n) is 5.21. The molecule has 0 amide bonds. The molecule has 3 aliphatic heterocycles. The SMILES string of the molecule is Fc1cc(Cl)c2c(c1)N=C1C3C[C@H]4CC(C[C@H](C3)C4)N1C2. The molecule has 0 aromatic heterocycles. The van der Waals surface area contributed by atoms with Gasteiger partial charge in [-0.25, -0.2) is 9.38 Å². The molecule has 0 unspecified atom stereocenters. The van der Waals surface area contributed by atoms with E-state index in [9.17, 15) is 4.39 Å². The fourth-order valence-corrected chi connectivity index (χ4v) is 5.47. The van der Waals surface area contributed by atoms with Crippen LogP contribution in [0.3, 0.4) is 0 Å². The van der Waals surface area contributed by atoms with Crippen molar-refractivity contribution < 1.29 is 4.39 Å². The summed E-state index contributed by atoms with van der Waals surface area (Å²) in [5, 5.41) is 0.525. The van der Waals surface area contributed by atoms with E-state index in [0.29, 0.717) is 17.0 Å². The minimum atomic E-state index is -0.281. The molecule has 2 saturated heterocycles. The number of halogens is 2. The summed E-state index contributed by atoms with van der Waals surface area (Å²) in [4.78, 5) is 7.36. The molecular formula is C17H18ClFN2. The van der Waals surface area contributed by atoms with Crippen LogP contribution in [-0.4, -0.2) is 16.8 Å². The van der Waals surface area contributed by atoms with E-state index < -0.39 is 0 Å². The lowest BCUT2D eigenvalue weighted by atomic mass is 9.68. The van der Waals surface area contributed by atoms with E-state index in [1.807, 2.05) is 0 Å². The Morgan fingerprint density at radius 1 is 1.10 bits per heavy atom. The van der Waals surface area contributed by atoms with E-state index in [-0.39, 0.29) is 5.82 Å². The van der Waals surface area contributed by atoms with Gasteiger partial charge in [-0.2, -0.15) is 0 Å². The molecule has 1 aromatic rings. The van der Waals surface area contributed by atoms with Crippen LogP contribution in [0.15, 0.2) is 17.1 Å². The van der Waals surface area contributed by atoms with Gasteiger partial charge < -0.3 is 4.90 Å². The van der Waals surface area contributed by atoms with Crippen molar-refractivity contribution in [3.63, 3.8) is 0 Å². The predicted molar refractivity (Wildman–Crippen MR) is 81.4 cm³/mol. The highest BCUT2D eigenvalue weighted by molar-refractivity contribution is 6.31. The number of fused-ring (bicyclic) bond motifs is 1. The molecule has 110 valence electrons. The minimum Gasteiger partial charge on any atom is -0.352 e. The summed E-state index contributed by atoms with van der Waals surface area (Å²) >= 11 is 6.26. The predicted octanol–water partition coefficient (Wildman–Crippen LogP) is 4.53. The van der Waals surface area contributed by atoms with Crippen LogP contribution in [0, 0.1) is 23.6 Å². The van der Waals surface area contributed by atoms with E-state index in [0.717, 1.165) is 29.6 Å². The lowest BCUT2D eigenvalue weighted by Gasteiger charge is -2.39. The zero-order valence-corrected chi connectivity index (χ0v) is 12.6. The summed E-state index contributed by atoms with van der Waals surface area (Å²) < 4.78 is 13.6. The molecule has 4 fully saturated rings. The third-order valence-corrected chi connectivity index (χ3v) is 6.25. The smallest absolute Gasteiger partial charge is 0.126 e. The van der Waals surface area contributed by atoms with Gasteiger partial charge >= 0.3 is 0 Å². The Morgan fingerprint density at radius 2 is 1.86 bits per heavy atom. The average Bonchev–Trinajstić information content (AvgIpc) is 2.59. The summed E-state index contributed by atoms with van der Waals surface area (Å²) in [5.74, 6) is 3.26. The Bertz CT molecular complexity index is 642. The molecular weight excluding hydrogens is 287 g/mol. The Balaban J connectivity index is 1.66. The zero-order valence-electron chi connectivity index (χ0n) is 11.9. The molecule has 0 radical (unpaired) electrons. The monoisotopic (exact) mass is 304 g/mol. The highest BCUT2D eigenvalue weighted by Crippen LogP contribution is 2.50. The van der Waals surface area contributed by atoms with E-state index in [1.165, 1.54) is 44.0 Å². The molecule has 6 rings (SSSR count). The van der Waals surface area contributed by atoms with Crippen LogP contribution in [0.1, 0.15) is 37.7 Å². The summed E-state index contributed by atoms with van der Waals surface area (Å²) in [7, 11) is 0. The second-order valence-corrected chi connectivity index (χ2v) is 7.65. The van der Waals surface area contributed by atoms with Crippen LogP contribution >= 0.6 is 11.6 Å². The zero-order chi connectivity index (χ0) is 14.1. The molecule has 4 bridgehead atoms. The van der Waals surface area contributed by atoms with Gasteiger partial charge in [0, 0.05) is 30.1 Å². The van der Waals surface area contributed by atoms with Crippen molar-refractivity contribution in [2.24, 2.45) is 22.7 Å². The summed E-state index contributed by atoms with van der Waals surface area (Å²) in [6, 6.07) is 3.58. The topological polar surface area (TPSA) is 15.6 Å². The molecule has 2 aliphatic carbocycles. The van der Waals surface area contributed by atoms with Crippen LogP contribution in [0.5, 0.6) is 0 Å². The molecule has 1 aromatic carbocycles. The number of amidine groups is 1. The first-order chi connectivity index (χ1) is 10.2. The molecule has 5 aliphatic rings. The lowest BCUT2D eigenvalue weighted by molar-refractivity contribution is 0.128. The molecule has 2 nitrogen and oxygen atoms in total. The summed E-state index contributed by atoms with van der Waals surface area (Å²) in [6.45, 7) is 0.813. The van der Waals surface area contributed by atoms with Gasteiger partial charge in [0.15, 0.2) is 0 Å². The van der Waals surface area contributed by atoms with Crippen LogP contribution in [-0.2, 0) is 6.54 Å². The molecule has 3 heterocycles. The first kappa shape index (κ1) is 12.5. The van der Waals surface area contributed by atoms with Crippen molar-refractivity contribution in [3.05, 3.63) is 28.5 Å². The number of benzene rings is 1. The maximum atomic E-state index is 13.6. The highest BCUT2D eigenvalue weighted by Gasteiger charge is 2.46. The second kappa shape index (κ2) is 4.22. The third-order valence-electron chi connectivity index (χ3n) is 5.91. The van der Waals surface area contributed by atoms with Crippen molar-refractivity contribution in [2.45, 2.75) is 44.7 Å². The number of aliphatic imine (C=N–C) groups is 1. The Labute approximate surface area is 129 Å². The molecule has 4 heteroatoms. The van der Waals surface area contributed by atoms with Gasteiger partial charge in [0.05, 0.1) is 10.7 Å². The Morgan fingerprint density at radius 3 is 2.62 bits per heavy atom. The molecule has 0 spiro atoms. The van der Waals surface area contributed by atoms with E-state index in [1.54, 1.807) is 6.07 Å².